The second kappa shape index (κ2) is 9.98. The number of carbonyl (C=O) groups excluding carboxylic acids is 1. The Morgan fingerprint density at radius 1 is 1.47 bits per heavy atom. The van der Waals surface area contributed by atoms with Crippen molar-refractivity contribution < 1.29 is 4.79 Å². The van der Waals surface area contributed by atoms with Gasteiger partial charge in [-0.25, -0.2) is 0 Å². The lowest BCUT2D eigenvalue weighted by Crippen LogP contribution is -2.27. The van der Waals surface area contributed by atoms with E-state index >= 15 is 0 Å². The Hall–Kier alpha value is -1.21. The summed E-state index contributed by atoms with van der Waals surface area (Å²) in [5.41, 5.74) is 0.100. The molecular weight excluding hydrogens is 238 g/mol. The van der Waals surface area contributed by atoms with Crippen LogP contribution in [0.5, 0.6) is 0 Å². The van der Waals surface area contributed by atoms with E-state index in [0.717, 1.165) is 13.0 Å². The van der Waals surface area contributed by atoms with Crippen molar-refractivity contribution in [3.63, 3.8) is 0 Å². The zero-order valence-corrected chi connectivity index (χ0v) is 11.2. The van der Waals surface area contributed by atoms with E-state index in [1.807, 2.05) is 6.07 Å². The van der Waals surface area contributed by atoms with Gasteiger partial charge in [0.2, 0.25) is 0 Å². The third kappa shape index (κ3) is 8.58. The number of hydrogen-bond donors (Lipinski definition) is 2. The lowest BCUT2D eigenvalue weighted by Gasteiger charge is -2.05. The Balaban J connectivity index is 3.99. The molecule has 0 unspecified atom stereocenters. The summed E-state index contributed by atoms with van der Waals surface area (Å²) in [5.74, 6) is 0.743. The van der Waals surface area contributed by atoms with Crippen LogP contribution < -0.4 is 10.6 Å². The van der Waals surface area contributed by atoms with E-state index in [2.05, 4.69) is 24.5 Å². The Labute approximate surface area is 108 Å². The standard InChI is InChI=1S/C12H20ClN3O/c1-10(2)4-7-15-9-11(8-14)12(17)16-6-3-5-13/h9-10,15H,3-7H2,1-2H3,(H,16,17)/b11-9-. The van der Waals surface area contributed by atoms with Gasteiger partial charge in [0, 0.05) is 25.2 Å². The molecular formula is C12H20ClN3O. The maximum Gasteiger partial charge on any atom is 0.263 e. The zero-order chi connectivity index (χ0) is 13.1. The van der Waals surface area contributed by atoms with Gasteiger partial charge in [-0.1, -0.05) is 13.8 Å². The molecule has 0 aromatic carbocycles. The summed E-state index contributed by atoms with van der Waals surface area (Å²) in [6.45, 7) is 5.50. The highest BCUT2D eigenvalue weighted by Gasteiger charge is 2.07. The molecule has 0 aromatic heterocycles. The van der Waals surface area contributed by atoms with Gasteiger partial charge in [-0.3, -0.25) is 4.79 Å². The summed E-state index contributed by atoms with van der Waals surface area (Å²) < 4.78 is 0. The van der Waals surface area contributed by atoms with Crippen molar-refractivity contribution in [2.75, 3.05) is 19.0 Å². The van der Waals surface area contributed by atoms with E-state index in [1.165, 1.54) is 6.20 Å². The van der Waals surface area contributed by atoms with Crippen LogP contribution >= 0.6 is 11.6 Å². The smallest absolute Gasteiger partial charge is 0.263 e. The van der Waals surface area contributed by atoms with Crippen LogP contribution in [0.3, 0.4) is 0 Å². The molecule has 0 saturated carbocycles. The highest BCUT2D eigenvalue weighted by Crippen LogP contribution is 1.97. The number of rotatable bonds is 8. The van der Waals surface area contributed by atoms with E-state index in [4.69, 9.17) is 16.9 Å². The van der Waals surface area contributed by atoms with Crippen LogP contribution in [0.25, 0.3) is 0 Å². The van der Waals surface area contributed by atoms with E-state index in [1.54, 1.807) is 0 Å². The lowest BCUT2D eigenvalue weighted by molar-refractivity contribution is -0.117. The summed E-state index contributed by atoms with van der Waals surface area (Å²) >= 11 is 5.49. The van der Waals surface area contributed by atoms with Gasteiger partial charge in [0.1, 0.15) is 11.6 Å². The third-order valence-corrected chi connectivity index (χ3v) is 2.34. The minimum absolute atomic E-state index is 0.100. The Morgan fingerprint density at radius 2 is 2.18 bits per heavy atom. The van der Waals surface area contributed by atoms with Gasteiger partial charge in [0.25, 0.3) is 5.91 Å². The van der Waals surface area contributed by atoms with E-state index < -0.39 is 0 Å². The predicted octanol–water partition coefficient (Wildman–Crippen LogP) is 1.77. The minimum atomic E-state index is -0.352. The zero-order valence-electron chi connectivity index (χ0n) is 10.4. The molecule has 96 valence electrons. The molecule has 2 N–H and O–H groups in total. The van der Waals surface area contributed by atoms with Crippen molar-refractivity contribution in [3.8, 4) is 6.07 Å². The van der Waals surface area contributed by atoms with Crippen molar-refractivity contribution in [2.24, 2.45) is 5.92 Å². The summed E-state index contributed by atoms with van der Waals surface area (Å²) in [5, 5.41) is 14.4. The fourth-order valence-electron chi connectivity index (χ4n) is 1.06. The van der Waals surface area contributed by atoms with Gasteiger partial charge in [0.05, 0.1) is 0 Å². The average Bonchev–Trinajstić information content (AvgIpc) is 2.29. The second-order valence-electron chi connectivity index (χ2n) is 4.10. The molecule has 0 bridgehead atoms. The number of halogens is 1. The number of nitriles is 1. The Kier molecular flexibility index (Phi) is 9.27. The predicted molar refractivity (Wildman–Crippen MR) is 69.5 cm³/mol. The number of amides is 1. The molecule has 0 radical (unpaired) electrons. The first-order valence-electron chi connectivity index (χ1n) is 5.79. The molecule has 0 heterocycles. The first kappa shape index (κ1) is 15.8. The third-order valence-electron chi connectivity index (χ3n) is 2.07. The van der Waals surface area contributed by atoms with E-state index in [-0.39, 0.29) is 11.5 Å². The molecule has 1 amide bonds. The number of carbonyl (C=O) groups is 1. The molecule has 0 aliphatic rings. The van der Waals surface area contributed by atoms with Crippen molar-refractivity contribution in [1.82, 2.24) is 10.6 Å². The maximum absolute atomic E-state index is 11.5. The largest absolute Gasteiger partial charge is 0.390 e. The summed E-state index contributed by atoms with van der Waals surface area (Å²) in [6, 6.07) is 1.87. The summed E-state index contributed by atoms with van der Waals surface area (Å²) in [7, 11) is 0. The molecule has 0 aromatic rings. The SMILES string of the molecule is CC(C)CCN/C=C(/C#N)C(=O)NCCCCl. The number of alkyl halides is 1. The topological polar surface area (TPSA) is 64.9 Å². The first-order chi connectivity index (χ1) is 8.11. The normalized spacial score (nSPS) is 11.1. The van der Waals surface area contributed by atoms with Crippen LogP contribution in [0.1, 0.15) is 26.7 Å². The van der Waals surface area contributed by atoms with Crippen LogP contribution in [0, 0.1) is 17.2 Å². The van der Waals surface area contributed by atoms with Gasteiger partial charge < -0.3 is 10.6 Å². The Morgan fingerprint density at radius 3 is 2.71 bits per heavy atom. The van der Waals surface area contributed by atoms with Crippen molar-refractivity contribution in [2.45, 2.75) is 26.7 Å². The minimum Gasteiger partial charge on any atom is -0.390 e. The lowest BCUT2D eigenvalue weighted by atomic mass is 10.1. The molecule has 0 atom stereocenters. The van der Waals surface area contributed by atoms with Crippen LogP contribution in [0.2, 0.25) is 0 Å². The van der Waals surface area contributed by atoms with E-state index in [0.29, 0.717) is 24.8 Å². The van der Waals surface area contributed by atoms with Crippen LogP contribution in [-0.2, 0) is 4.79 Å². The number of hydrogen-bond acceptors (Lipinski definition) is 3. The van der Waals surface area contributed by atoms with Crippen molar-refractivity contribution in [3.05, 3.63) is 11.8 Å². The van der Waals surface area contributed by atoms with Crippen molar-refractivity contribution in [1.29, 1.82) is 5.26 Å². The number of nitrogens with one attached hydrogen (secondary N) is 2. The van der Waals surface area contributed by atoms with Gasteiger partial charge in [-0.15, -0.1) is 11.6 Å². The molecule has 17 heavy (non-hydrogen) atoms. The maximum atomic E-state index is 11.5. The molecule has 5 heteroatoms. The van der Waals surface area contributed by atoms with Crippen LogP contribution in [0.4, 0.5) is 0 Å². The van der Waals surface area contributed by atoms with Gasteiger partial charge >= 0.3 is 0 Å². The first-order valence-corrected chi connectivity index (χ1v) is 6.33. The van der Waals surface area contributed by atoms with E-state index in [9.17, 15) is 4.79 Å². The molecule has 0 spiro atoms. The summed E-state index contributed by atoms with van der Waals surface area (Å²) in [6.07, 6.45) is 3.17. The van der Waals surface area contributed by atoms with Crippen molar-refractivity contribution >= 4 is 17.5 Å². The molecule has 0 fully saturated rings. The molecule has 0 rings (SSSR count). The Bertz CT molecular complexity index is 295. The monoisotopic (exact) mass is 257 g/mol. The fraction of sp³-hybridized carbons (Fsp3) is 0.667. The van der Waals surface area contributed by atoms with Gasteiger partial charge in [-0.2, -0.15) is 5.26 Å². The number of nitrogens with zero attached hydrogens (tertiary/aromatic N) is 1. The fourth-order valence-corrected chi connectivity index (χ4v) is 1.19. The molecule has 0 aliphatic carbocycles. The molecule has 0 aliphatic heterocycles. The summed E-state index contributed by atoms with van der Waals surface area (Å²) in [4.78, 5) is 11.5. The molecule has 0 saturated heterocycles. The van der Waals surface area contributed by atoms with Gasteiger partial charge in [0.15, 0.2) is 0 Å². The highest BCUT2D eigenvalue weighted by molar-refractivity contribution is 6.17. The second-order valence-corrected chi connectivity index (χ2v) is 4.48. The van der Waals surface area contributed by atoms with Crippen LogP contribution in [0.15, 0.2) is 11.8 Å². The quantitative estimate of drug-likeness (QED) is 0.302. The molecule has 4 nitrogen and oxygen atoms in total. The van der Waals surface area contributed by atoms with Gasteiger partial charge in [-0.05, 0) is 18.8 Å². The van der Waals surface area contributed by atoms with Crippen LogP contribution in [-0.4, -0.2) is 24.9 Å². The highest BCUT2D eigenvalue weighted by atomic mass is 35.5. The average molecular weight is 258 g/mol.